The van der Waals surface area contributed by atoms with E-state index in [1.165, 1.54) is 0 Å². The van der Waals surface area contributed by atoms with Gasteiger partial charge in [0.25, 0.3) is 5.96 Å². The normalized spacial score (nSPS) is 13.0. The number of guanidine groups is 1. The zero-order chi connectivity index (χ0) is 16.4. The second kappa shape index (κ2) is 9.50. The van der Waals surface area contributed by atoms with Gasteiger partial charge in [0.2, 0.25) is 5.91 Å². The van der Waals surface area contributed by atoms with Crippen LogP contribution in [0.4, 0.5) is 0 Å². The molecular formula is C13H17N5O3S. The van der Waals surface area contributed by atoms with E-state index in [0.29, 0.717) is 12.2 Å². The number of nitrogens with zero attached hydrogens (tertiary/aromatic N) is 3. The molecule has 0 fully saturated rings. The average molecular weight is 323 g/mol. The molecule has 0 saturated carbocycles. The molecular weight excluding hydrogens is 306 g/mol. The third-order valence-corrected chi connectivity index (χ3v) is 3.09. The van der Waals surface area contributed by atoms with Crippen molar-refractivity contribution in [3.8, 4) is 0 Å². The summed E-state index contributed by atoms with van der Waals surface area (Å²) in [6.07, 6.45) is 0.500. The van der Waals surface area contributed by atoms with Crippen molar-refractivity contribution in [1.82, 2.24) is 5.32 Å². The molecule has 0 heterocycles. The van der Waals surface area contributed by atoms with Gasteiger partial charge in [0.1, 0.15) is 0 Å². The van der Waals surface area contributed by atoms with E-state index in [0.717, 1.165) is 5.56 Å². The van der Waals surface area contributed by atoms with Gasteiger partial charge in [-0.3, -0.25) is 14.9 Å². The maximum atomic E-state index is 12.1. The first kappa shape index (κ1) is 17.6. The summed E-state index contributed by atoms with van der Waals surface area (Å²) >= 11 is 4.17. The van der Waals surface area contributed by atoms with E-state index in [2.05, 4.69) is 33.3 Å². The molecule has 4 N–H and O–H groups in total. The summed E-state index contributed by atoms with van der Waals surface area (Å²) in [4.78, 5) is 22.5. The quantitative estimate of drug-likeness (QED) is 0.153. The Hall–Kier alpha value is -2.42. The minimum atomic E-state index is -1.15. The van der Waals surface area contributed by atoms with Crippen LogP contribution in [0.5, 0.6) is 0 Å². The van der Waals surface area contributed by atoms with E-state index < -0.39 is 18.4 Å². The Kier molecular flexibility index (Phi) is 7.62. The first-order valence-electron chi connectivity index (χ1n) is 6.39. The summed E-state index contributed by atoms with van der Waals surface area (Å²) in [6, 6.07) is 9.48. The fourth-order valence-corrected chi connectivity index (χ4v) is 1.89. The average Bonchev–Trinajstić information content (AvgIpc) is 2.52. The number of carbonyl (C=O) groups is 2. The summed E-state index contributed by atoms with van der Waals surface area (Å²) in [5.74, 6) is 3.25. The lowest BCUT2D eigenvalue weighted by Gasteiger charge is -2.13. The molecule has 9 heteroatoms. The molecule has 1 rings (SSSR count). The Labute approximate surface area is 132 Å². The second-order valence-corrected chi connectivity index (χ2v) is 4.67. The number of carbonyl (C=O) groups excluding carboxylic acids is 1. The third-order valence-electron chi connectivity index (χ3n) is 2.64. The zero-order valence-corrected chi connectivity index (χ0v) is 12.6. The zero-order valence-electron chi connectivity index (χ0n) is 11.7. The number of thiol groups is 1. The van der Waals surface area contributed by atoms with Crippen LogP contribution in [-0.4, -0.2) is 35.2 Å². The minimum Gasteiger partial charge on any atom is -0.480 e. The first-order valence-corrected chi connectivity index (χ1v) is 7.03. The van der Waals surface area contributed by atoms with Crippen molar-refractivity contribution in [1.29, 1.82) is 0 Å². The molecule has 1 unspecified atom stereocenters. The van der Waals surface area contributed by atoms with Gasteiger partial charge in [-0.1, -0.05) is 30.3 Å². The maximum Gasteiger partial charge on any atom is 0.327 e. The van der Waals surface area contributed by atoms with E-state index in [-0.39, 0.29) is 11.9 Å². The van der Waals surface area contributed by atoms with Gasteiger partial charge in [0, 0.05) is 5.75 Å². The lowest BCUT2D eigenvalue weighted by Crippen LogP contribution is -2.37. The Balaban J connectivity index is 2.63. The van der Waals surface area contributed by atoms with Crippen molar-refractivity contribution in [3.05, 3.63) is 35.9 Å². The number of aliphatic carboxylic acids is 1. The van der Waals surface area contributed by atoms with Gasteiger partial charge in [-0.2, -0.15) is 17.7 Å². The number of hydrazone groups is 1. The van der Waals surface area contributed by atoms with Crippen LogP contribution in [0.1, 0.15) is 5.56 Å². The summed E-state index contributed by atoms with van der Waals surface area (Å²) < 4.78 is 0. The van der Waals surface area contributed by atoms with Crippen molar-refractivity contribution < 1.29 is 14.7 Å². The van der Waals surface area contributed by atoms with Crippen LogP contribution >= 0.6 is 12.6 Å². The Morgan fingerprint density at radius 1 is 1.32 bits per heavy atom. The van der Waals surface area contributed by atoms with Gasteiger partial charge in [0.05, 0.1) is 5.92 Å². The number of nitrogens with two attached hydrogens (primary N) is 1. The molecule has 1 aromatic carbocycles. The van der Waals surface area contributed by atoms with E-state index in [9.17, 15) is 9.59 Å². The summed E-state index contributed by atoms with van der Waals surface area (Å²) in [5.41, 5.74) is 0.996. The number of hydrogen-bond acceptors (Lipinski definition) is 6. The molecule has 0 aromatic heterocycles. The number of hydrogen-bond donors (Lipinski definition) is 4. The molecule has 0 bridgehead atoms. The van der Waals surface area contributed by atoms with Gasteiger partial charge in [-0.25, -0.2) is 0 Å². The van der Waals surface area contributed by atoms with Crippen LogP contribution in [0.25, 0.3) is 0 Å². The number of nitrogens with one attached hydrogen (secondary N) is 1. The smallest absolute Gasteiger partial charge is 0.327 e. The van der Waals surface area contributed by atoms with Crippen molar-refractivity contribution in [3.63, 3.8) is 0 Å². The van der Waals surface area contributed by atoms with E-state index in [1.807, 2.05) is 30.3 Å². The second-order valence-electron chi connectivity index (χ2n) is 4.30. The van der Waals surface area contributed by atoms with Crippen molar-refractivity contribution in [2.75, 3.05) is 12.3 Å². The number of carboxylic acid groups (broad SMARTS) is 1. The van der Waals surface area contributed by atoms with Crippen molar-refractivity contribution in [2.45, 2.75) is 6.42 Å². The van der Waals surface area contributed by atoms with Gasteiger partial charge in [0.15, 0.2) is 6.54 Å². The number of carboxylic acids is 1. The van der Waals surface area contributed by atoms with Crippen LogP contribution in [-0.2, 0) is 16.0 Å². The van der Waals surface area contributed by atoms with Crippen LogP contribution in [0.3, 0.4) is 0 Å². The van der Waals surface area contributed by atoms with Gasteiger partial charge < -0.3 is 10.9 Å². The largest absolute Gasteiger partial charge is 0.480 e. The molecule has 0 radical (unpaired) electrons. The standard InChI is InChI=1S/C13H17N5O3S/c14-17-13(18-15-7-11(19)20)16-12(21)10(8-22)6-9-4-2-1-3-5-9/h1-5,10,22H,6-8,14H2,(H,19,20)(H,16,17,21). The Morgan fingerprint density at radius 2 is 2.00 bits per heavy atom. The molecule has 0 aliphatic carbocycles. The predicted molar refractivity (Wildman–Crippen MR) is 84.6 cm³/mol. The van der Waals surface area contributed by atoms with Crippen LogP contribution < -0.4 is 11.2 Å². The number of rotatable bonds is 6. The van der Waals surface area contributed by atoms with Crippen LogP contribution in [0.2, 0.25) is 0 Å². The van der Waals surface area contributed by atoms with Crippen LogP contribution in [0, 0.1) is 5.92 Å². The maximum absolute atomic E-state index is 12.1. The number of amides is 1. The van der Waals surface area contributed by atoms with Crippen molar-refractivity contribution in [2.24, 2.45) is 27.1 Å². The highest BCUT2D eigenvalue weighted by Gasteiger charge is 2.19. The lowest BCUT2D eigenvalue weighted by atomic mass is 10.0. The van der Waals surface area contributed by atoms with Crippen LogP contribution in [0.15, 0.2) is 45.7 Å². The highest BCUT2D eigenvalue weighted by molar-refractivity contribution is 7.80. The fraction of sp³-hybridized carbons (Fsp3) is 0.308. The Morgan fingerprint density at radius 3 is 2.55 bits per heavy atom. The Bertz CT molecular complexity index is 562. The molecule has 22 heavy (non-hydrogen) atoms. The van der Waals surface area contributed by atoms with Gasteiger partial charge >= 0.3 is 5.97 Å². The molecule has 8 nitrogen and oxygen atoms in total. The minimum absolute atomic E-state index is 0.244. The van der Waals surface area contributed by atoms with Gasteiger partial charge in [-0.15, -0.1) is 10.2 Å². The lowest BCUT2D eigenvalue weighted by molar-refractivity contribution is -0.135. The third kappa shape index (κ3) is 6.35. The molecule has 118 valence electrons. The predicted octanol–water partition coefficient (Wildman–Crippen LogP) is 0.658. The van der Waals surface area contributed by atoms with Crippen molar-refractivity contribution >= 4 is 30.5 Å². The highest BCUT2D eigenvalue weighted by Crippen LogP contribution is 2.10. The molecule has 0 saturated heterocycles. The highest BCUT2D eigenvalue weighted by atomic mass is 32.1. The molecule has 0 aliphatic heterocycles. The van der Waals surface area contributed by atoms with Gasteiger partial charge in [-0.05, 0) is 12.0 Å². The van der Waals surface area contributed by atoms with E-state index in [1.54, 1.807) is 0 Å². The first-order chi connectivity index (χ1) is 10.6. The number of benzene rings is 1. The van der Waals surface area contributed by atoms with E-state index >= 15 is 0 Å². The monoisotopic (exact) mass is 323 g/mol. The molecule has 1 atom stereocenters. The molecule has 1 aromatic rings. The molecule has 0 aliphatic rings. The fourth-order valence-electron chi connectivity index (χ4n) is 1.60. The topological polar surface area (TPSA) is 130 Å². The molecule has 0 spiro atoms. The summed E-state index contributed by atoms with van der Waals surface area (Å²) in [6.45, 7) is -0.533. The summed E-state index contributed by atoms with van der Waals surface area (Å²) in [5, 5.41) is 20.9. The molecule has 1 amide bonds. The summed E-state index contributed by atoms with van der Waals surface area (Å²) in [7, 11) is 0. The number of azo groups is 1. The van der Waals surface area contributed by atoms with E-state index in [4.69, 9.17) is 10.9 Å². The SMILES string of the molecule is NN=C(N=NCC(=O)O)NC(=O)C(CS)Cc1ccccc1.